The van der Waals surface area contributed by atoms with Crippen molar-refractivity contribution in [1.82, 2.24) is 0 Å². The van der Waals surface area contributed by atoms with E-state index in [-0.39, 0.29) is 0 Å². The average Bonchev–Trinajstić information content (AvgIpc) is 2.29. The lowest BCUT2D eigenvalue weighted by atomic mass is 9.89. The van der Waals surface area contributed by atoms with Gasteiger partial charge in [-0.05, 0) is 72.2 Å². The second-order valence-corrected chi connectivity index (χ2v) is 8.39. The van der Waals surface area contributed by atoms with Gasteiger partial charge in [0.05, 0.1) is 0 Å². The van der Waals surface area contributed by atoms with Crippen molar-refractivity contribution >= 4 is 63.7 Å². The molecule has 0 nitrogen and oxygen atoms in total. The van der Waals surface area contributed by atoms with Gasteiger partial charge in [0.25, 0.3) is 0 Å². The third-order valence-electron chi connectivity index (χ3n) is 3.88. The van der Waals surface area contributed by atoms with Gasteiger partial charge in [-0.25, -0.2) is 0 Å². The Morgan fingerprint density at radius 3 is 0.800 bits per heavy atom. The molecule has 0 atom stereocenters. The number of halogens is 4. The molecule has 20 heavy (non-hydrogen) atoms. The fourth-order valence-electron chi connectivity index (χ4n) is 2.50. The average molecular weight is 524 g/mol. The van der Waals surface area contributed by atoms with Crippen molar-refractivity contribution in [3.63, 3.8) is 0 Å². The van der Waals surface area contributed by atoms with Crippen LogP contribution in [0.1, 0.15) is 22.3 Å². The summed E-state index contributed by atoms with van der Waals surface area (Å²) in [5.41, 5.74) is 5.92. The first kappa shape index (κ1) is 15.3. The first-order valence-corrected chi connectivity index (χ1v) is 9.66. The van der Waals surface area contributed by atoms with E-state index >= 15 is 0 Å². The maximum absolute atomic E-state index is 3.51. The molecule has 2 aliphatic carbocycles. The zero-order valence-electron chi connectivity index (χ0n) is 10.6. The van der Waals surface area contributed by atoms with Crippen molar-refractivity contribution < 1.29 is 0 Å². The third-order valence-corrected chi connectivity index (χ3v) is 6.86. The number of hydrogen-bond acceptors (Lipinski definition) is 0. The monoisotopic (exact) mass is 520 g/mol. The lowest BCUT2D eigenvalue weighted by molar-refractivity contribution is 0.825. The minimum atomic E-state index is 1.23. The molecule has 2 aromatic carbocycles. The molecule has 0 saturated heterocycles. The number of rotatable bonds is 0. The molecular formula is C16H12Br4. The summed E-state index contributed by atoms with van der Waals surface area (Å²) in [5, 5.41) is 0. The van der Waals surface area contributed by atoms with E-state index < -0.39 is 0 Å². The Morgan fingerprint density at radius 1 is 0.450 bits per heavy atom. The SMILES string of the molecule is Brc1ccc(Br)c2c1CC2.Brc1ccc(Br)c2c1CC2. The number of hydrogen-bond donors (Lipinski definition) is 0. The van der Waals surface area contributed by atoms with Crippen LogP contribution in [0, 0.1) is 0 Å². The Hall–Kier alpha value is 0.360. The summed E-state index contributed by atoms with van der Waals surface area (Å²) in [4.78, 5) is 0. The molecular weight excluding hydrogens is 512 g/mol. The van der Waals surface area contributed by atoms with E-state index in [1.807, 2.05) is 0 Å². The minimum absolute atomic E-state index is 1.23. The van der Waals surface area contributed by atoms with Crippen molar-refractivity contribution in [1.29, 1.82) is 0 Å². The highest BCUT2D eigenvalue weighted by atomic mass is 79.9. The standard InChI is InChI=1S/2C8H6Br2/c2*9-7-3-4-8(10)6-2-1-5(6)7/h2*3-4H,1-2H2. The molecule has 0 spiro atoms. The highest BCUT2D eigenvalue weighted by Crippen LogP contribution is 2.36. The predicted molar refractivity (Wildman–Crippen MR) is 98.5 cm³/mol. The smallest absolute Gasteiger partial charge is 0.0210 e. The van der Waals surface area contributed by atoms with Crippen LogP contribution in [-0.4, -0.2) is 0 Å². The van der Waals surface area contributed by atoms with Crippen LogP contribution in [0.2, 0.25) is 0 Å². The molecule has 104 valence electrons. The minimum Gasteiger partial charge on any atom is -0.0505 e. The molecule has 0 amide bonds. The molecule has 4 rings (SSSR count). The van der Waals surface area contributed by atoms with Gasteiger partial charge in [-0.1, -0.05) is 63.7 Å². The van der Waals surface area contributed by atoms with Crippen LogP contribution in [0.3, 0.4) is 0 Å². The Kier molecular flexibility index (Phi) is 4.76. The van der Waals surface area contributed by atoms with E-state index in [9.17, 15) is 0 Å². The van der Waals surface area contributed by atoms with Gasteiger partial charge in [-0.15, -0.1) is 0 Å². The van der Waals surface area contributed by atoms with Crippen molar-refractivity contribution in [2.45, 2.75) is 25.7 Å². The van der Waals surface area contributed by atoms with Gasteiger partial charge in [-0.3, -0.25) is 0 Å². The van der Waals surface area contributed by atoms with Crippen LogP contribution >= 0.6 is 63.7 Å². The first-order valence-electron chi connectivity index (χ1n) is 6.49. The van der Waals surface area contributed by atoms with Crippen LogP contribution in [-0.2, 0) is 25.7 Å². The lowest BCUT2D eigenvalue weighted by Crippen LogP contribution is -2.09. The van der Waals surface area contributed by atoms with Crippen LogP contribution in [0.5, 0.6) is 0 Å². The Morgan fingerprint density at radius 2 is 0.650 bits per heavy atom. The van der Waals surface area contributed by atoms with Crippen LogP contribution in [0.4, 0.5) is 0 Å². The summed E-state index contributed by atoms with van der Waals surface area (Å²) in [7, 11) is 0. The fraction of sp³-hybridized carbons (Fsp3) is 0.250. The van der Waals surface area contributed by atoms with Crippen molar-refractivity contribution in [2.24, 2.45) is 0 Å². The Balaban J connectivity index is 0.000000121. The summed E-state index contributed by atoms with van der Waals surface area (Å²) in [5.74, 6) is 0. The molecule has 4 heteroatoms. The Labute approximate surface area is 152 Å². The molecule has 0 saturated carbocycles. The van der Waals surface area contributed by atoms with E-state index in [0.29, 0.717) is 0 Å². The quantitative estimate of drug-likeness (QED) is 0.364. The second kappa shape index (κ2) is 6.23. The van der Waals surface area contributed by atoms with E-state index in [2.05, 4.69) is 88.0 Å². The van der Waals surface area contributed by atoms with Gasteiger partial charge >= 0.3 is 0 Å². The predicted octanol–water partition coefficient (Wildman–Crippen LogP) is 6.62. The van der Waals surface area contributed by atoms with Crippen molar-refractivity contribution in [2.75, 3.05) is 0 Å². The number of fused-ring (bicyclic) bond motifs is 2. The molecule has 2 aliphatic rings. The molecule has 0 radical (unpaired) electrons. The Bertz CT molecular complexity index is 559. The number of benzene rings is 2. The van der Waals surface area contributed by atoms with Gasteiger partial charge in [0, 0.05) is 17.9 Å². The molecule has 0 fully saturated rings. The molecule has 0 aliphatic heterocycles. The maximum Gasteiger partial charge on any atom is 0.0210 e. The van der Waals surface area contributed by atoms with Crippen LogP contribution < -0.4 is 0 Å². The largest absolute Gasteiger partial charge is 0.0505 e. The van der Waals surface area contributed by atoms with Gasteiger partial charge in [0.2, 0.25) is 0 Å². The summed E-state index contributed by atoms with van der Waals surface area (Å²) < 4.78 is 5.04. The van der Waals surface area contributed by atoms with Gasteiger partial charge < -0.3 is 0 Å². The summed E-state index contributed by atoms with van der Waals surface area (Å²) in [6, 6.07) is 8.40. The van der Waals surface area contributed by atoms with Crippen LogP contribution in [0.25, 0.3) is 0 Å². The van der Waals surface area contributed by atoms with E-state index in [0.717, 1.165) is 0 Å². The maximum atomic E-state index is 3.51. The van der Waals surface area contributed by atoms with Gasteiger partial charge in [-0.2, -0.15) is 0 Å². The normalized spacial score (nSPS) is 14.2. The van der Waals surface area contributed by atoms with E-state index in [4.69, 9.17) is 0 Å². The third kappa shape index (κ3) is 2.81. The first-order chi connectivity index (χ1) is 9.58. The zero-order valence-corrected chi connectivity index (χ0v) is 17.0. The summed E-state index contributed by atoms with van der Waals surface area (Å²) >= 11 is 14.0. The molecule has 0 bridgehead atoms. The van der Waals surface area contributed by atoms with Crippen LogP contribution in [0.15, 0.2) is 42.2 Å². The lowest BCUT2D eigenvalue weighted by Gasteiger charge is -2.21. The van der Waals surface area contributed by atoms with Crippen molar-refractivity contribution in [3.8, 4) is 0 Å². The summed E-state index contributed by atoms with van der Waals surface area (Å²) in [6.07, 6.45) is 4.93. The van der Waals surface area contributed by atoms with Gasteiger partial charge in [0.1, 0.15) is 0 Å². The van der Waals surface area contributed by atoms with E-state index in [1.165, 1.54) is 65.8 Å². The summed E-state index contributed by atoms with van der Waals surface area (Å²) in [6.45, 7) is 0. The second-order valence-electron chi connectivity index (χ2n) is 4.97. The molecule has 2 aromatic rings. The molecule has 0 N–H and O–H groups in total. The van der Waals surface area contributed by atoms with Crippen molar-refractivity contribution in [3.05, 3.63) is 64.4 Å². The van der Waals surface area contributed by atoms with Gasteiger partial charge in [0.15, 0.2) is 0 Å². The molecule has 0 unspecified atom stereocenters. The zero-order chi connectivity index (χ0) is 14.3. The van der Waals surface area contributed by atoms with E-state index in [1.54, 1.807) is 0 Å². The molecule has 0 aromatic heterocycles. The highest BCUT2D eigenvalue weighted by Gasteiger charge is 2.18. The highest BCUT2D eigenvalue weighted by molar-refractivity contribution is 9.11. The molecule has 0 heterocycles. The topological polar surface area (TPSA) is 0 Å². The fourth-order valence-corrected chi connectivity index (χ4v) is 4.78.